The molecule has 1 fully saturated rings. The third-order valence-electron chi connectivity index (χ3n) is 4.57. The first kappa shape index (κ1) is 19.2. The van der Waals surface area contributed by atoms with Crippen molar-refractivity contribution in [3.63, 3.8) is 0 Å². The van der Waals surface area contributed by atoms with Crippen LogP contribution in [0.5, 0.6) is 0 Å². The maximum atomic E-state index is 12.9. The third-order valence-corrected chi connectivity index (χ3v) is 4.57. The zero-order valence-electron chi connectivity index (χ0n) is 13.8. The quantitative estimate of drug-likeness (QED) is 0.866. The Kier molecular flexibility index (Phi) is 5.41. The molecule has 0 bridgehead atoms. The van der Waals surface area contributed by atoms with Gasteiger partial charge in [0.05, 0.1) is 0 Å². The van der Waals surface area contributed by atoms with E-state index in [2.05, 4.69) is 0 Å². The Labute approximate surface area is 143 Å². The van der Waals surface area contributed by atoms with Gasteiger partial charge in [0.25, 0.3) is 5.91 Å². The summed E-state index contributed by atoms with van der Waals surface area (Å²) >= 11 is 0. The van der Waals surface area contributed by atoms with Gasteiger partial charge in [0.2, 0.25) is 5.91 Å². The molecule has 2 unspecified atom stereocenters. The molecule has 1 aliphatic rings. The topological polar surface area (TPSA) is 83.6 Å². The van der Waals surface area contributed by atoms with Crippen molar-refractivity contribution < 1.29 is 27.9 Å². The highest BCUT2D eigenvalue weighted by molar-refractivity contribution is 5.94. The van der Waals surface area contributed by atoms with Crippen LogP contribution in [0.4, 0.5) is 13.2 Å². The molecule has 138 valence electrons. The van der Waals surface area contributed by atoms with E-state index in [1.165, 1.54) is 12.1 Å². The van der Waals surface area contributed by atoms with Crippen molar-refractivity contribution in [3.8, 4) is 0 Å². The van der Waals surface area contributed by atoms with Gasteiger partial charge in [-0.25, -0.2) is 0 Å². The zero-order chi connectivity index (χ0) is 18.8. The van der Waals surface area contributed by atoms with Crippen LogP contribution in [-0.2, 0) is 10.4 Å². The summed E-state index contributed by atoms with van der Waals surface area (Å²) in [5.41, 5.74) is 2.09. The number of nitrogens with two attached hydrogens (primary N) is 1. The summed E-state index contributed by atoms with van der Waals surface area (Å²) in [6.45, 7) is 1.14. The van der Waals surface area contributed by atoms with Gasteiger partial charge in [-0.2, -0.15) is 13.2 Å². The number of nitrogens with zero attached hydrogens (tertiary/aromatic N) is 1. The molecule has 2 rings (SSSR count). The second-order valence-corrected chi connectivity index (χ2v) is 6.47. The van der Waals surface area contributed by atoms with Crippen molar-refractivity contribution >= 4 is 11.8 Å². The Balaban J connectivity index is 2.21. The van der Waals surface area contributed by atoms with Gasteiger partial charge in [0.15, 0.2) is 5.60 Å². The molecule has 2 atom stereocenters. The summed E-state index contributed by atoms with van der Waals surface area (Å²) < 4.78 is 38.6. The van der Waals surface area contributed by atoms with Crippen LogP contribution in [0.1, 0.15) is 48.5 Å². The lowest BCUT2D eigenvalue weighted by atomic mass is 9.93. The zero-order valence-corrected chi connectivity index (χ0v) is 13.8. The predicted octanol–water partition coefficient (Wildman–Crippen LogP) is 2.33. The number of amides is 2. The molecule has 1 aromatic carbocycles. The van der Waals surface area contributed by atoms with Gasteiger partial charge in [-0.05, 0) is 43.9 Å². The SMILES string of the molecule is CC(O)(c1ccc(C(=O)N2CCCCC2CC(N)=O)cc1)C(F)(F)F. The number of hydrogen-bond donors (Lipinski definition) is 2. The molecule has 0 aromatic heterocycles. The first-order valence-electron chi connectivity index (χ1n) is 8.03. The van der Waals surface area contributed by atoms with Gasteiger partial charge in [-0.3, -0.25) is 9.59 Å². The van der Waals surface area contributed by atoms with Crippen molar-refractivity contribution in [3.05, 3.63) is 35.4 Å². The number of benzene rings is 1. The summed E-state index contributed by atoms with van der Waals surface area (Å²) in [6, 6.07) is 4.40. The molecule has 3 N–H and O–H groups in total. The second-order valence-electron chi connectivity index (χ2n) is 6.47. The maximum absolute atomic E-state index is 12.9. The van der Waals surface area contributed by atoms with E-state index in [1.54, 1.807) is 4.90 Å². The molecule has 1 aliphatic heterocycles. The Bertz CT molecular complexity index is 642. The highest BCUT2D eigenvalue weighted by atomic mass is 19.4. The lowest BCUT2D eigenvalue weighted by molar-refractivity contribution is -0.258. The van der Waals surface area contributed by atoms with Crippen LogP contribution in [0.2, 0.25) is 0 Å². The fourth-order valence-corrected chi connectivity index (χ4v) is 2.98. The first-order chi connectivity index (χ1) is 11.5. The fraction of sp³-hybridized carbons (Fsp3) is 0.529. The Morgan fingerprint density at radius 3 is 2.36 bits per heavy atom. The largest absolute Gasteiger partial charge is 0.421 e. The minimum absolute atomic E-state index is 0.0621. The smallest absolute Gasteiger partial charge is 0.376 e. The van der Waals surface area contributed by atoms with E-state index in [4.69, 9.17) is 5.73 Å². The van der Waals surface area contributed by atoms with E-state index < -0.39 is 17.7 Å². The number of alkyl halides is 3. The van der Waals surface area contributed by atoms with Crippen LogP contribution in [0, 0.1) is 0 Å². The highest BCUT2D eigenvalue weighted by Crippen LogP contribution is 2.38. The molecule has 0 radical (unpaired) electrons. The monoisotopic (exact) mass is 358 g/mol. The molecule has 1 aromatic rings. The lowest BCUT2D eigenvalue weighted by Crippen LogP contribution is -2.45. The third kappa shape index (κ3) is 4.12. The summed E-state index contributed by atoms with van der Waals surface area (Å²) in [6.07, 6.45) is -2.42. The summed E-state index contributed by atoms with van der Waals surface area (Å²) in [4.78, 5) is 25.4. The number of aliphatic hydroxyl groups is 1. The van der Waals surface area contributed by atoms with Gasteiger partial charge in [0, 0.05) is 24.6 Å². The number of carbonyl (C=O) groups is 2. The van der Waals surface area contributed by atoms with E-state index in [0.29, 0.717) is 19.9 Å². The molecular formula is C17H21F3N2O3. The predicted molar refractivity (Wildman–Crippen MR) is 84.6 cm³/mol. The Morgan fingerprint density at radius 1 is 1.24 bits per heavy atom. The number of rotatable bonds is 4. The molecule has 5 nitrogen and oxygen atoms in total. The number of hydrogen-bond acceptors (Lipinski definition) is 3. The average molecular weight is 358 g/mol. The van der Waals surface area contributed by atoms with Crippen LogP contribution >= 0.6 is 0 Å². The Morgan fingerprint density at radius 2 is 1.84 bits per heavy atom. The van der Waals surface area contributed by atoms with Crippen LogP contribution in [0.15, 0.2) is 24.3 Å². The van der Waals surface area contributed by atoms with Gasteiger partial charge in [-0.1, -0.05) is 12.1 Å². The maximum Gasteiger partial charge on any atom is 0.421 e. The van der Waals surface area contributed by atoms with E-state index >= 15 is 0 Å². The van der Waals surface area contributed by atoms with Crippen LogP contribution < -0.4 is 5.73 Å². The summed E-state index contributed by atoms with van der Waals surface area (Å²) in [7, 11) is 0. The second kappa shape index (κ2) is 7.03. The van der Waals surface area contributed by atoms with Crippen molar-refractivity contribution in [2.45, 2.75) is 50.4 Å². The van der Waals surface area contributed by atoms with Crippen LogP contribution in [0.3, 0.4) is 0 Å². The molecule has 2 amide bonds. The standard InChI is InChI=1S/C17H21F3N2O3/c1-16(25,17(18,19)20)12-7-5-11(6-8-12)15(24)22-9-3-2-4-13(22)10-14(21)23/h5-8,13,25H,2-4,9-10H2,1H3,(H2,21,23). The van der Waals surface area contributed by atoms with Gasteiger partial charge in [-0.15, -0.1) is 0 Å². The minimum Gasteiger partial charge on any atom is -0.376 e. The number of likely N-dealkylation sites (tertiary alicyclic amines) is 1. The lowest BCUT2D eigenvalue weighted by Gasteiger charge is -2.35. The van der Waals surface area contributed by atoms with Crippen LogP contribution in [-0.4, -0.2) is 40.6 Å². The van der Waals surface area contributed by atoms with Crippen molar-refractivity contribution in [2.75, 3.05) is 6.54 Å². The highest BCUT2D eigenvalue weighted by Gasteiger charge is 2.51. The van der Waals surface area contributed by atoms with Crippen molar-refractivity contribution in [1.82, 2.24) is 4.90 Å². The number of halogens is 3. The van der Waals surface area contributed by atoms with E-state index in [-0.39, 0.29) is 29.5 Å². The molecule has 1 heterocycles. The van der Waals surface area contributed by atoms with E-state index in [9.17, 15) is 27.9 Å². The minimum atomic E-state index is -4.82. The molecule has 0 spiro atoms. The van der Waals surface area contributed by atoms with Gasteiger partial charge < -0.3 is 15.7 Å². The van der Waals surface area contributed by atoms with Crippen molar-refractivity contribution in [1.29, 1.82) is 0 Å². The van der Waals surface area contributed by atoms with Crippen LogP contribution in [0.25, 0.3) is 0 Å². The average Bonchev–Trinajstić information content (AvgIpc) is 2.53. The summed E-state index contributed by atoms with van der Waals surface area (Å²) in [5, 5.41) is 9.67. The molecule has 1 saturated heterocycles. The molecule has 0 aliphatic carbocycles. The van der Waals surface area contributed by atoms with E-state index in [0.717, 1.165) is 25.0 Å². The first-order valence-corrected chi connectivity index (χ1v) is 8.03. The molecule has 0 saturated carbocycles. The molecule has 8 heteroatoms. The summed E-state index contributed by atoms with van der Waals surface area (Å²) in [5.74, 6) is -0.856. The van der Waals surface area contributed by atoms with E-state index in [1.807, 2.05) is 0 Å². The normalized spacial score (nSPS) is 20.8. The number of primary amides is 1. The molecule has 25 heavy (non-hydrogen) atoms. The molecular weight excluding hydrogens is 337 g/mol. The Hall–Kier alpha value is -2.09. The van der Waals surface area contributed by atoms with Gasteiger partial charge in [0.1, 0.15) is 0 Å². The fourth-order valence-electron chi connectivity index (χ4n) is 2.98. The van der Waals surface area contributed by atoms with Gasteiger partial charge >= 0.3 is 6.18 Å². The number of carbonyl (C=O) groups excluding carboxylic acids is 2. The van der Waals surface area contributed by atoms with Crippen molar-refractivity contribution in [2.24, 2.45) is 5.73 Å². The number of piperidine rings is 1.